The summed E-state index contributed by atoms with van der Waals surface area (Å²) in [6.45, 7) is 6.14. The molecule has 0 bridgehead atoms. The van der Waals surface area contributed by atoms with Crippen LogP contribution in [0.1, 0.15) is 42.4 Å². The SMILES string of the molecule is CCc1c(C(=O)NCc2ccc(NC(=O)NC(C)C)cc2)cnn1-c1cccc(Cl)c1. The molecule has 0 saturated carbocycles. The van der Waals surface area contributed by atoms with Crippen molar-refractivity contribution in [1.29, 1.82) is 0 Å². The second-order valence-electron chi connectivity index (χ2n) is 7.38. The fourth-order valence-electron chi connectivity index (χ4n) is 3.15. The van der Waals surface area contributed by atoms with Crippen LogP contribution in [0.25, 0.3) is 5.69 Å². The lowest BCUT2D eigenvalue weighted by Gasteiger charge is -2.11. The minimum atomic E-state index is -0.250. The molecule has 0 aliphatic rings. The van der Waals surface area contributed by atoms with Gasteiger partial charge in [-0.3, -0.25) is 4.79 Å². The summed E-state index contributed by atoms with van der Waals surface area (Å²) < 4.78 is 1.74. The van der Waals surface area contributed by atoms with Crippen molar-refractivity contribution < 1.29 is 9.59 Å². The number of halogens is 1. The molecule has 31 heavy (non-hydrogen) atoms. The summed E-state index contributed by atoms with van der Waals surface area (Å²) in [5.74, 6) is -0.191. The first kappa shape index (κ1) is 22.4. The van der Waals surface area contributed by atoms with Crippen LogP contribution in [-0.2, 0) is 13.0 Å². The van der Waals surface area contributed by atoms with E-state index in [1.807, 2.05) is 51.1 Å². The standard InChI is InChI=1S/C23H26ClN5O2/c1-4-21-20(14-26-29(21)19-7-5-6-17(24)12-19)22(30)25-13-16-8-10-18(11-9-16)28-23(31)27-15(2)3/h5-12,14-15H,4,13H2,1-3H3,(H,25,30)(H2,27,28,31). The molecule has 2 aromatic carbocycles. The lowest BCUT2D eigenvalue weighted by Crippen LogP contribution is -2.34. The van der Waals surface area contributed by atoms with Crippen LogP contribution in [-0.4, -0.2) is 27.8 Å². The van der Waals surface area contributed by atoms with Gasteiger partial charge in [0.1, 0.15) is 0 Å². The van der Waals surface area contributed by atoms with E-state index in [-0.39, 0.29) is 18.0 Å². The number of carbonyl (C=O) groups is 2. The Labute approximate surface area is 186 Å². The maximum Gasteiger partial charge on any atom is 0.319 e. The van der Waals surface area contributed by atoms with Crippen molar-refractivity contribution in [3.63, 3.8) is 0 Å². The number of amides is 3. The summed E-state index contributed by atoms with van der Waals surface area (Å²) in [5, 5.41) is 13.5. The Morgan fingerprint density at radius 3 is 2.52 bits per heavy atom. The van der Waals surface area contributed by atoms with Gasteiger partial charge >= 0.3 is 6.03 Å². The van der Waals surface area contributed by atoms with Crippen LogP contribution < -0.4 is 16.0 Å². The smallest absolute Gasteiger partial charge is 0.319 e. The highest BCUT2D eigenvalue weighted by atomic mass is 35.5. The number of anilines is 1. The van der Waals surface area contributed by atoms with E-state index in [1.54, 1.807) is 29.1 Å². The van der Waals surface area contributed by atoms with Crippen molar-refractivity contribution in [1.82, 2.24) is 20.4 Å². The van der Waals surface area contributed by atoms with Crippen LogP contribution >= 0.6 is 11.6 Å². The van der Waals surface area contributed by atoms with Crippen molar-refractivity contribution in [2.24, 2.45) is 0 Å². The first-order valence-electron chi connectivity index (χ1n) is 10.1. The molecule has 162 valence electrons. The van der Waals surface area contributed by atoms with Crippen LogP contribution in [0.4, 0.5) is 10.5 Å². The Balaban J connectivity index is 1.64. The fourth-order valence-corrected chi connectivity index (χ4v) is 3.33. The molecule has 1 heterocycles. The van der Waals surface area contributed by atoms with Crippen molar-refractivity contribution in [2.75, 3.05) is 5.32 Å². The predicted molar refractivity (Wildman–Crippen MR) is 123 cm³/mol. The molecule has 1 aromatic heterocycles. The molecule has 0 saturated heterocycles. The summed E-state index contributed by atoms with van der Waals surface area (Å²) >= 11 is 6.09. The zero-order valence-corrected chi connectivity index (χ0v) is 18.5. The van der Waals surface area contributed by atoms with E-state index in [9.17, 15) is 9.59 Å². The molecule has 3 aromatic rings. The van der Waals surface area contributed by atoms with Gasteiger partial charge in [0.25, 0.3) is 5.91 Å². The second kappa shape index (κ2) is 10.1. The van der Waals surface area contributed by atoms with Gasteiger partial charge in [-0.25, -0.2) is 9.48 Å². The molecule has 8 heteroatoms. The van der Waals surface area contributed by atoms with E-state index >= 15 is 0 Å². The third kappa shape index (κ3) is 5.86. The topological polar surface area (TPSA) is 88.1 Å². The summed E-state index contributed by atoms with van der Waals surface area (Å²) in [7, 11) is 0. The summed E-state index contributed by atoms with van der Waals surface area (Å²) in [5.41, 5.74) is 3.77. The molecule has 0 fully saturated rings. The molecule has 3 rings (SSSR count). The Kier molecular flexibility index (Phi) is 7.31. The lowest BCUT2D eigenvalue weighted by molar-refractivity contribution is 0.0950. The Hall–Kier alpha value is -3.32. The number of urea groups is 1. The normalized spacial score (nSPS) is 10.7. The molecular formula is C23H26ClN5O2. The third-order valence-corrected chi connectivity index (χ3v) is 4.82. The fraction of sp³-hybridized carbons (Fsp3) is 0.261. The van der Waals surface area contributed by atoms with Gasteiger partial charge in [0.15, 0.2) is 0 Å². The molecule has 3 amide bonds. The molecule has 0 atom stereocenters. The lowest BCUT2D eigenvalue weighted by atomic mass is 10.1. The summed E-state index contributed by atoms with van der Waals surface area (Å²) in [6.07, 6.45) is 2.23. The van der Waals surface area contributed by atoms with E-state index in [1.165, 1.54) is 0 Å². The summed E-state index contributed by atoms with van der Waals surface area (Å²) in [4.78, 5) is 24.5. The number of hydrogen-bond donors (Lipinski definition) is 3. The maximum atomic E-state index is 12.8. The van der Waals surface area contributed by atoms with Gasteiger partial charge in [0, 0.05) is 23.3 Å². The number of carbonyl (C=O) groups excluding carboxylic acids is 2. The summed E-state index contributed by atoms with van der Waals surface area (Å²) in [6, 6.07) is 14.5. The first-order valence-corrected chi connectivity index (χ1v) is 10.5. The van der Waals surface area contributed by atoms with Crippen LogP contribution in [0.3, 0.4) is 0 Å². The van der Waals surface area contributed by atoms with Crippen molar-refractivity contribution in [3.05, 3.63) is 76.6 Å². The van der Waals surface area contributed by atoms with Gasteiger partial charge in [-0.15, -0.1) is 0 Å². The Morgan fingerprint density at radius 2 is 1.87 bits per heavy atom. The minimum Gasteiger partial charge on any atom is -0.348 e. The molecule has 0 unspecified atom stereocenters. The van der Waals surface area contributed by atoms with Gasteiger partial charge in [-0.2, -0.15) is 5.10 Å². The van der Waals surface area contributed by atoms with Gasteiger partial charge in [0.05, 0.1) is 23.1 Å². The monoisotopic (exact) mass is 439 g/mol. The average molecular weight is 440 g/mol. The van der Waals surface area contributed by atoms with Crippen LogP contribution in [0.2, 0.25) is 5.02 Å². The number of hydrogen-bond acceptors (Lipinski definition) is 3. The van der Waals surface area contributed by atoms with E-state index in [2.05, 4.69) is 21.0 Å². The van der Waals surface area contributed by atoms with Crippen LogP contribution in [0.5, 0.6) is 0 Å². The molecule has 7 nitrogen and oxygen atoms in total. The third-order valence-electron chi connectivity index (χ3n) is 4.59. The molecule has 0 aliphatic carbocycles. The highest BCUT2D eigenvalue weighted by molar-refractivity contribution is 6.30. The van der Waals surface area contributed by atoms with Gasteiger partial charge in [0.2, 0.25) is 0 Å². The maximum absolute atomic E-state index is 12.8. The van der Waals surface area contributed by atoms with Gasteiger partial charge in [-0.05, 0) is 56.2 Å². The number of nitrogens with one attached hydrogen (secondary N) is 3. The Bertz CT molecular complexity index is 1060. The number of benzene rings is 2. The van der Waals surface area contributed by atoms with E-state index in [0.717, 1.165) is 16.9 Å². The number of aromatic nitrogens is 2. The molecule has 0 aliphatic heterocycles. The number of rotatable bonds is 7. The van der Waals surface area contributed by atoms with Crippen LogP contribution in [0.15, 0.2) is 54.7 Å². The molecule has 3 N–H and O–H groups in total. The van der Waals surface area contributed by atoms with E-state index in [0.29, 0.717) is 29.2 Å². The number of nitrogens with zero attached hydrogens (tertiary/aromatic N) is 2. The first-order chi connectivity index (χ1) is 14.9. The van der Waals surface area contributed by atoms with Crippen LogP contribution in [0, 0.1) is 0 Å². The second-order valence-corrected chi connectivity index (χ2v) is 7.82. The Morgan fingerprint density at radius 1 is 1.13 bits per heavy atom. The molecule has 0 radical (unpaired) electrons. The van der Waals surface area contributed by atoms with Gasteiger partial charge in [-0.1, -0.05) is 36.7 Å². The van der Waals surface area contributed by atoms with Crippen molar-refractivity contribution >= 4 is 29.2 Å². The largest absolute Gasteiger partial charge is 0.348 e. The quantitative estimate of drug-likeness (QED) is 0.504. The average Bonchev–Trinajstić information content (AvgIpc) is 3.16. The molecule has 0 spiro atoms. The highest BCUT2D eigenvalue weighted by Crippen LogP contribution is 2.19. The molecular weight excluding hydrogens is 414 g/mol. The van der Waals surface area contributed by atoms with E-state index < -0.39 is 0 Å². The zero-order chi connectivity index (χ0) is 22.4. The zero-order valence-electron chi connectivity index (χ0n) is 17.8. The van der Waals surface area contributed by atoms with Gasteiger partial charge < -0.3 is 16.0 Å². The van der Waals surface area contributed by atoms with Crippen molar-refractivity contribution in [3.8, 4) is 5.69 Å². The highest BCUT2D eigenvalue weighted by Gasteiger charge is 2.17. The minimum absolute atomic E-state index is 0.0609. The van der Waals surface area contributed by atoms with Crippen molar-refractivity contribution in [2.45, 2.75) is 39.8 Å². The predicted octanol–water partition coefficient (Wildman–Crippen LogP) is 4.55. The van der Waals surface area contributed by atoms with E-state index in [4.69, 9.17) is 11.6 Å².